The molecule has 154 valence electrons. The SMILES string of the molecule is CSc1cccnc1Nc1cc(Nc2ccc(CN3CC4(COC4)C3)cn2)ncn1. The quantitative estimate of drug-likeness (QED) is 0.558. The van der Waals surface area contributed by atoms with E-state index in [0.29, 0.717) is 17.1 Å². The second kappa shape index (κ2) is 8.17. The van der Waals surface area contributed by atoms with E-state index in [0.717, 1.165) is 49.4 Å². The Morgan fingerprint density at radius 1 is 1.03 bits per heavy atom. The van der Waals surface area contributed by atoms with Gasteiger partial charge in [0.15, 0.2) is 0 Å². The number of ether oxygens (including phenoxy) is 1. The van der Waals surface area contributed by atoms with Crippen molar-refractivity contribution in [3.8, 4) is 0 Å². The van der Waals surface area contributed by atoms with Gasteiger partial charge in [0.2, 0.25) is 0 Å². The normalized spacial score (nSPS) is 17.2. The van der Waals surface area contributed by atoms with Crippen LogP contribution in [0.3, 0.4) is 0 Å². The molecular formula is C21H23N7OS. The minimum atomic E-state index is 0.444. The summed E-state index contributed by atoms with van der Waals surface area (Å²) in [6, 6.07) is 9.87. The third-order valence-corrected chi connectivity index (χ3v) is 6.10. The minimum absolute atomic E-state index is 0.444. The van der Waals surface area contributed by atoms with Gasteiger partial charge in [0.05, 0.1) is 13.2 Å². The number of thioether (sulfide) groups is 1. The van der Waals surface area contributed by atoms with Crippen LogP contribution in [0.5, 0.6) is 0 Å². The molecule has 5 heterocycles. The molecule has 3 aromatic heterocycles. The van der Waals surface area contributed by atoms with Gasteiger partial charge in [0.1, 0.15) is 29.6 Å². The van der Waals surface area contributed by atoms with Gasteiger partial charge in [-0.05, 0) is 30.0 Å². The van der Waals surface area contributed by atoms with Crippen LogP contribution in [0.15, 0.2) is 53.9 Å². The molecule has 3 aromatic rings. The Labute approximate surface area is 179 Å². The van der Waals surface area contributed by atoms with Gasteiger partial charge in [-0.2, -0.15) is 0 Å². The van der Waals surface area contributed by atoms with Crippen LogP contribution < -0.4 is 10.6 Å². The van der Waals surface area contributed by atoms with Crippen molar-refractivity contribution in [3.05, 3.63) is 54.6 Å². The zero-order valence-electron chi connectivity index (χ0n) is 16.7. The second-order valence-corrected chi connectivity index (χ2v) is 8.63. The molecule has 2 fully saturated rings. The van der Waals surface area contributed by atoms with Gasteiger partial charge >= 0.3 is 0 Å². The Kier molecular flexibility index (Phi) is 5.24. The molecule has 0 atom stereocenters. The van der Waals surface area contributed by atoms with E-state index >= 15 is 0 Å². The molecule has 2 aliphatic heterocycles. The molecule has 0 bridgehead atoms. The summed E-state index contributed by atoms with van der Waals surface area (Å²) < 4.78 is 5.34. The van der Waals surface area contributed by atoms with E-state index in [1.54, 1.807) is 18.0 Å². The van der Waals surface area contributed by atoms with Gasteiger partial charge in [0.25, 0.3) is 0 Å². The van der Waals surface area contributed by atoms with E-state index in [-0.39, 0.29) is 0 Å². The van der Waals surface area contributed by atoms with Crippen LogP contribution in [0.2, 0.25) is 0 Å². The fourth-order valence-corrected chi connectivity index (χ4v) is 4.35. The number of anilines is 4. The van der Waals surface area contributed by atoms with Gasteiger partial charge < -0.3 is 15.4 Å². The van der Waals surface area contributed by atoms with Crippen molar-refractivity contribution >= 4 is 35.0 Å². The maximum absolute atomic E-state index is 5.34. The van der Waals surface area contributed by atoms with E-state index in [4.69, 9.17) is 4.74 Å². The van der Waals surface area contributed by atoms with E-state index in [1.807, 2.05) is 36.7 Å². The molecule has 0 radical (unpaired) electrons. The Balaban J connectivity index is 1.20. The lowest BCUT2D eigenvalue weighted by Crippen LogP contribution is -2.65. The summed E-state index contributed by atoms with van der Waals surface area (Å²) in [5.74, 6) is 2.87. The molecule has 5 rings (SSSR count). The van der Waals surface area contributed by atoms with E-state index in [9.17, 15) is 0 Å². The highest BCUT2D eigenvalue weighted by atomic mass is 32.2. The molecule has 1 spiro atoms. The topological polar surface area (TPSA) is 88.1 Å². The Hall–Kier alpha value is -2.75. The average Bonchev–Trinajstić information content (AvgIpc) is 2.71. The van der Waals surface area contributed by atoms with Gasteiger partial charge in [-0.1, -0.05) is 6.07 Å². The molecule has 2 N–H and O–H groups in total. The van der Waals surface area contributed by atoms with Crippen molar-refractivity contribution in [2.75, 3.05) is 43.2 Å². The smallest absolute Gasteiger partial charge is 0.145 e. The van der Waals surface area contributed by atoms with Gasteiger partial charge in [-0.25, -0.2) is 19.9 Å². The lowest BCUT2D eigenvalue weighted by Gasteiger charge is -2.55. The monoisotopic (exact) mass is 421 g/mol. The molecule has 8 nitrogen and oxygen atoms in total. The summed E-state index contributed by atoms with van der Waals surface area (Å²) >= 11 is 1.63. The minimum Gasteiger partial charge on any atom is -0.380 e. The van der Waals surface area contributed by atoms with Crippen LogP contribution in [-0.4, -0.2) is 57.4 Å². The number of nitrogens with one attached hydrogen (secondary N) is 2. The highest BCUT2D eigenvalue weighted by Gasteiger charge is 2.48. The fraction of sp³-hybridized carbons (Fsp3) is 0.333. The van der Waals surface area contributed by atoms with Crippen molar-refractivity contribution in [1.82, 2.24) is 24.8 Å². The van der Waals surface area contributed by atoms with Gasteiger partial charge in [0, 0.05) is 48.4 Å². The molecule has 30 heavy (non-hydrogen) atoms. The third-order valence-electron chi connectivity index (χ3n) is 5.33. The number of likely N-dealkylation sites (tertiary alicyclic amines) is 1. The Morgan fingerprint density at radius 2 is 1.87 bits per heavy atom. The van der Waals surface area contributed by atoms with Gasteiger partial charge in [-0.3, -0.25) is 4.90 Å². The number of pyridine rings is 2. The van der Waals surface area contributed by atoms with E-state index in [2.05, 4.69) is 41.5 Å². The summed E-state index contributed by atoms with van der Waals surface area (Å²) in [5, 5.41) is 6.49. The zero-order chi connectivity index (χ0) is 20.4. The predicted octanol–water partition coefficient (Wildman–Crippen LogP) is 3.31. The lowest BCUT2D eigenvalue weighted by molar-refractivity contribution is -0.191. The number of rotatable bonds is 7. The predicted molar refractivity (Wildman–Crippen MR) is 117 cm³/mol. The van der Waals surface area contributed by atoms with Crippen LogP contribution in [0.25, 0.3) is 0 Å². The van der Waals surface area contributed by atoms with Crippen molar-refractivity contribution < 1.29 is 4.74 Å². The second-order valence-electron chi connectivity index (χ2n) is 7.78. The molecule has 2 saturated heterocycles. The first-order valence-electron chi connectivity index (χ1n) is 9.82. The molecule has 0 amide bonds. The lowest BCUT2D eigenvalue weighted by atomic mass is 9.78. The van der Waals surface area contributed by atoms with Crippen molar-refractivity contribution in [3.63, 3.8) is 0 Å². The summed E-state index contributed by atoms with van der Waals surface area (Å²) in [6.07, 6.45) is 7.22. The maximum Gasteiger partial charge on any atom is 0.145 e. The van der Waals surface area contributed by atoms with Crippen molar-refractivity contribution in [2.45, 2.75) is 11.4 Å². The standard InChI is InChI=1S/C21H23N7OS/c1-30-16-3-2-6-22-20(16)27-19-7-18(24-14-25-19)26-17-5-4-15(8-23-17)9-28-10-21(11-28)12-29-13-21/h2-8,14H,9-13H2,1H3,(H2,22,23,24,25,26,27). The maximum atomic E-state index is 5.34. The molecule has 0 saturated carbocycles. The summed E-state index contributed by atoms with van der Waals surface area (Å²) in [7, 11) is 0. The van der Waals surface area contributed by atoms with Crippen LogP contribution in [0, 0.1) is 5.41 Å². The first kappa shape index (κ1) is 19.2. The molecular weight excluding hydrogens is 398 g/mol. The van der Waals surface area contributed by atoms with E-state index in [1.165, 1.54) is 11.9 Å². The Bertz CT molecular complexity index is 1020. The molecule has 0 aromatic carbocycles. The van der Waals surface area contributed by atoms with Gasteiger partial charge in [-0.15, -0.1) is 11.8 Å². The number of hydrogen-bond acceptors (Lipinski definition) is 9. The zero-order valence-corrected chi connectivity index (χ0v) is 17.5. The summed E-state index contributed by atoms with van der Waals surface area (Å²) in [4.78, 5) is 21.0. The molecule has 0 unspecified atom stereocenters. The third kappa shape index (κ3) is 4.09. The Morgan fingerprint density at radius 3 is 2.57 bits per heavy atom. The molecule has 2 aliphatic rings. The highest BCUT2D eigenvalue weighted by molar-refractivity contribution is 7.98. The first-order chi connectivity index (χ1) is 14.7. The van der Waals surface area contributed by atoms with Crippen LogP contribution in [0.4, 0.5) is 23.3 Å². The van der Waals surface area contributed by atoms with Crippen LogP contribution in [-0.2, 0) is 11.3 Å². The average molecular weight is 422 g/mol. The highest BCUT2D eigenvalue weighted by Crippen LogP contribution is 2.38. The van der Waals surface area contributed by atoms with E-state index < -0.39 is 0 Å². The number of aromatic nitrogens is 4. The first-order valence-corrected chi connectivity index (χ1v) is 11.0. The van der Waals surface area contributed by atoms with Crippen molar-refractivity contribution in [2.24, 2.45) is 5.41 Å². The summed E-state index contributed by atoms with van der Waals surface area (Å²) in [6.45, 7) is 5.01. The molecule has 0 aliphatic carbocycles. The largest absolute Gasteiger partial charge is 0.380 e. The van der Waals surface area contributed by atoms with Crippen LogP contribution in [0.1, 0.15) is 5.56 Å². The fourth-order valence-electron chi connectivity index (χ4n) is 3.83. The summed E-state index contributed by atoms with van der Waals surface area (Å²) in [5.41, 5.74) is 1.65. The number of hydrogen-bond donors (Lipinski definition) is 2. The van der Waals surface area contributed by atoms with Crippen molar-refractivity contribution in [1.29, 1.82) is 0 Å². The van der Waals surface area contributed by atoms with Crippen LogP contribution >= 0.6 is 11.8 Å². The number of nitrogens with zero attached hydrogens (tertiary/aromatic N) is 5. The molecule has 9 heteroatoms.